The van der Waals surface area contributed by atoms with E-state index in [9.17, 15) is 4.79 Å². The summed E-state index contributed by atoms with van der Waals surface area (Å²) in [5.41, 5.74) is 2.80. The maximum absolute atomic E-state index is 12.5. The van der Waals surface area contributed by atoms with Crippen molar-refractivity contribution >= 4 is 22.9 Å². The van der Waals surface area contributed by atoms with Crippen LogP contribution in [0, 0.1) is 13.8 Å². The van der Waals surface area contributed by atoms with Crippen molar-refractivity contribution in [3.05, 3.63) is 76.0 Å². The predicted molar refractivity (Wildman–Crippen MR) is 110 cm³/mol. The molecule has 0 aliphatic heterocycles. The Labute approximate surface area is 171 Å². The van der Waals surface area contributed by atoms with Crippen LogP contribution < -0.4 is 10.1 Å². The van der Waals surface area contributed by atoms with Crippen LogP contribution in [-0.4, -0.2) is 21.0 Å². The molecule has 29 heavy (non-hydrogen) atoms. The van der Waals surface area contributed by atoms with Crippen LogP contribution in [0.15, 0.2) is 58.4 Å². The molecule has 0 unspecified atom stereocenters. The van der Waals surface area contributed by atoms with Gasteiger partial charge in [0.25, 0.3) is 11.8 Å². The molecule has 4 aromatic rings. The van der Waals surface area contributed by atoms with Gasteiger partial charge in [-0.15, -0.1) is 11.3 Å². The standard InChI is InChI=1S/C21H18N4O3S/c1-13-22-21(28-25-13)16-4-3-5-17(10-16)24-20(26)15-6-8-19(9-7-15)27-11-18-12-29-14(2)23-18/h3-10,12H,11H2,1-2H3,(H,24,26). The van der Waals surface area contributed by atoms with Gasteiger partial charge in [0.05, 0.1) is 10.7 Å². The summed E-state index contributed by atoms with van der Waals surface area (Å²) < 4.78 is 10.9. The first-order valence-corrected chi connectivity index (χ1v) is 9.81. The molecule has 146 valence electrons. The first kappa shape index (κ1) is 18.8. The maximum atomic E-state index is 12.5. The van der Waals surface area contributed by atoms with Gasteiger partial charge < -0.3 is 14.6 Å². The largest absolute Gasteiger partial charge is 0.487 e. The normalized spacial score (nSPS) is 10.7. The second-order valence-electron chi connectivity index (χ2n) is 6.35. The van der Waals surface area contributed by atoms with Gasteiger partial charge in [-0.3, -0.25) is 4.79 Å². The SMILES string of the molecule is Cc1noc(-c2cccc(NC(=O)c3ccc(OCc4csc(C)n4)cc3)c2)n1. The number of hydrogen-bond acceptors (Lipinski definition) is 7. The Balaban J connectivity index is 1.39. The number of benzene rings is 2. The summed E-state index contributed by atoms with van der Waals surface area (Å²) in [6.45, 7) is 4.11. The maximum Gasteiger partial charge on any atom is 0.257 e. The lowest BCUT2D eigenvalue weighted by molar-refractivity contribution is 0.102. The molecule has 8 heteroatoms. The van der Waals surface area contributed by atoms with Gasteiger partial charge in [-0.2, -0.15) is 4.98 Å². The van der Waals surface area contributed by atoms with Crippen LogP contribution in [0.4, 0.5) is 5.69 Å². The van der Waals surface area contributed by atoms with E-state index in [1.807, 2.05) is 24.4 Å². The van der Waals surface area contributed by atoms with Crippen molar-refractivity contribution in [3.8, 4) is 17.2 Å². The van der Waals surface area contributed by atoms with Gasteiger partial charge in [0.2, 0.25) is 0 Å². The van der Waals surface area contributed by atoms with Crippen molar-refractivity contribution in [2.24, 2.45) is 0 Å². The number of nitrogens with one attached hydrogen (secondary N) is 1. The quantitative estimate of drug-likeness (QED) is 0.502. The van der Waals surface area contributed by atoms with Gasteiger partial charge in [-0.05, 0) is 56.3 Å². The molecule has 0 spiro atoms. The minimum atomic E-state index is -0.217. The van der Waals surface area contributed by atoms with E-state index in [1.54, 1.807) is 54.7 Å². The molecule has 2 heterocycles. The molecule has 7 nitrogen and oxygen atoms in total. The van der Waals surface area contributed by atoms with E-state index in [-0.39, 0.29) is 5.91 Å². The van der Waals surface area contributed by atoms with Crippen molar-refractivity contribution in [2.75, 3.05) is 5.32 Å². The average Bonchev–Trinajstić information content (AvgIpc) is 3.35. The molecule has 0 bridgehead atoms. The molecular formula is C21H18N4O3S. The zero-order valence-corrected chi connectivity index (χ0v) is 16.7. The van der Waals surface area contributed by atoms with E-state index in [0.29, 0.717) is 35.3 Å². The van der Waals surface area contributed by atoms with Crippen molar-refractivity contribution in [2.45, 2.75) is 20.5 Å². The number of hydrogen-bond donors (Lipinski definition) is 1. The zero-order valence-electron chi connectivity index (χ0n) is 15.9. The van der Waals surface area contributed by atoms with E-state index >= 15 is 0 Å². The highest BCUT2D eigenvalue weighted by Gasteiger charge is 2.10. The number of anilines is 1. The number of carbonyl (C=O) groups is 1. The van der Waals surface area contributed by atoms with Gasteiger partial charge in [-0.1, -0.05) is 11.2 Å². The van der Waals surface area contributed by atoms with Crippen LogP contribution in [0.5, 0.6) is 5.75 Å². The monoisotopic (exact) mass is 406 g/mol. The lowest BCUT2D eigenvalue weighted by atomic mass is 10.1. The van der Waals surface area contributed by atoms with Gasteiger partial charge in [0, 0.05) is 22.2 Å². The van der Waals surface area contributed by atoms with E-state index in [2.05, 4.69) is 20.4 Å². The highest BCUT2D eigenvalue weighted by molar-refractivity contribution is 7.09. The Morgan fingerprint density at radius 1 is 1.14 bits per heavy atom. The summed E-state index contributed by atoms with van der Waals surface area (Å²) in [6.07, 6.45) is 0. The third-order valence-electron chi connectivity index (χ3n) is 4.06. The fourth-order valence-corrected chi connectivity index (χ4v) is 3.28. The summed E-state index contributed by atoms with van der Waals surface area (Å²) in [6, 6.07) is 14.2. The number of rotatable bonds is 6. The lowest BCUT2D eigenvalue weighted by Gasteiger charge is -2.08. The molecule has 0 fully saturated rings. The molecule has 0 radical (unpaired) electrons. The second-order valence-corrected chi connectivity index (χ2v) is 7.41. The zero-order chi connectivity index (χ0) is 20.2. The topological polar surface area (TPSA) is 90.1 Å². The lowest BCUT2D eigenvalue weighted by Crippen LogP contribution is -2.11. The summed E-state index contributed by atoms with van der Waals surface area (Å²) in [5.74, 6) is 1.43. The number of amides is 1. The van der Waals surface area contributed by atoms with Crippen LogP contribution in [0.3, 0.4) is 0 Å². The number of ether oxygens (including phenoxy) is 1. The molecule has 0 aliphatic carbocycles. The summed E-state index contributed by atoms with van der Waals surface area (Å²) >= 11 is 1.59. The Bertz CT molecular complexity index is 1130. The van der Waals surface area contributed by atoms with Gasteiger partial charge in [0.1, 0.15) is 12.4 Å². The first-order chi connectivity index (χ1) is 14.1. The molecule has 2 aromatic heterocycles. The third-order valence-corrected chi connectivity index (χ3v) is 4.89. The third kappa shape index (κ3) is 4.67. The van der Waals surface area contributed by atoms with Gasteiger partial charge >= 0.3 is 0 Å². The van der Waals surface area contributed by atoms with E-state index < -0.39 is 0 Å². The van der Waals surface area contributed by atoms with Crippen LogP contribution in [0.25, 0.3) is 11.5 Å². The molecule has 2 aromatic carbocycles. The Hall–Kier alpha value is -3.52. The highest BCUT2D eigenvalue weighted by atomic mass is 32.1. The Morgan fingerprint density at radius 3 is 2.66 bits per heavy atom. The second kappa shape index (κ2) is 8.24. The number of aromatic nitrogens is 3. The highest BCUT2D eigenvalue weighted by Crippen LogP contribution is 2.22. The molecule has 0 saturated heterocycles. The van der Waals surface area contributed by atoms with E-state index in [0.717, 1.165) is 16.3 Å². The van der Waals surface area contributed by atoms with Crippen LogP contribution in [0.1, 0.15) is 26.9 Å². The number of carbonyl (C=O) groups excluding carboxylic acids is 1. The van der Waals surface area contributed by atoms with E-state index in [4.69, 9.17) is 9.26 Å². The summed E-state index contributed by atoms with van der Waals surface area (Å²) in [7, 11) is 0. The molecule has 0 atom stereocenters. The molecule has 1 N–H and O–H groups in total. The minimum Gasteiger partial charge on any atom is -0.487 e. The van der Waals surface area contributed by atoms with Crippen molar-refractivity contribution in [3.63, 3.8) is 0 Å². The number of aryl methyl sites for hydroxylation is 2. The van der Waals surface area contributed by atoms with Crippen molar-refractivity contribution < 1.29 is 14.1 Å². The molecule has 0 saturated carbocycles. The number of thiazole rings is 1. The van der Waals surface area contributed by atoms with Gasteiger partial charge in [-0.25, -0.2) is 4.98 Å². The molecule has 4 rings (SSSR count). The van der Waals surface area contributed by atoms with E-state index in [1.165, 1.54) is 0 Å². The van der Waals surface area contributed by atoms with Gasteiger partial charge in [0.15, 0.2) is 5.82 Å². The van der Waals surface area contributed by atoms with Crippen LogP contribution >= 0.6 is 11.3 Å². The Morgan fingerprint density at radius 2 is 1.97 bits per heavy atom. The smallest absolute Gasteiger partial charge is 0.257 e. The molecular weight excluding hydrogens is 388 g/mol. The fraction of sp³-hybridized carbons (Fsp3) is 0.143. The van der Waals surface area contributed by atoms with Crippen molar-refractivity contribution in [1.29, 1.82) is 0 Å². The van der Waals surface area contributed by atoms with Crippen LogP contribution in [0.2, 0.25) is 0 Å². The first-order valence-electron chi connectivity index (χ1n) is 8.93. The summed E-state index contributed by atoms with van der Waals surface area (Å²) in [5, 5.41) is 9.64. The minimum absolute atomic E-state index is 0.217. The number of nitrogens with zero attached hydrogens (tertiary/aromatic N) is 3. The summed E-state index contributed by atoms with van der Waals surface area (Å²) in [4.78, 5) is 21.1. The Kier molecular flexibility index (Phi) is 5.35. The fourth-order valence-electron chi connectivity index (χ4n) is 2.68. The predicted octanol–water partition coefficient (Wildman–Crippen LogP) is 4.64. The van der Waals surface area contributed by atoms with Crippen molar-refractivity contribution in [1.82, 2.24) is 15.1 Å². The molecule has 1 amide bonds. The average molecular weight is 406 g/mol. The molecule has 0 aliphatic rings. The van der Waals surface area contributed by atoms with Crippen LogP contribution in [-0.2, 0) is 6.61 Å².